The summed E-state index contributed by atoms with van der Waals surface area (Å²) in [5, 5.41) is 0. The molecular formula is C31H35F2N3O4S. The highest BCUT2D eigenvalue weighted by atomic mass is 32.2. The van der Waals surface area contributed by atoms with Crippen molar-refractivity contribution in [2.75, 3.05) is 26.2 Å². The number of piperidine rings is 1. The largest absolute Gasteiger partial charge is 0.342 e. The van der Waals surface area contributed by atoms with Gasteiger partial charge in [-0.15, -0.1) is 0 Å². The Kier molecular flexibility index (Phi) is 10.2. The molecule has 10 heteroatoms. The first kappa shape index (κ1) is 30.3. The SMILES string of the molecule is CCCN(CC(=O)N(Cc1cccc(F)c1)C1CCN(C(=O)Cc2ccc(F)cc2)CC1)S(=O)(=O)c1ccccc1. The van der Waals surface area contributed by atoms with Gasteiger partial charge in [0.05, 0.1) is 17.9 Å². The van der Waals surface area contributed by atoms with Gasteiger partial charge in [0.2, 0.25) is 21.8 Å². The summed E-state index contributed by atoms with van der Waals surface area (Å²) in [4.78, 5) is 30.2. The van der Waals surface area contributed by atoms with E-state index in [4.69, 9.17) is 0 Å². The highest BCUT2D eigenvalue weighted by Crippen LogP contribution is 2.23. The Labute approximate surface area is 240 Å². The van der Waals surface area contributed by atoms with Crippen LogP contribution in [0.25, 0.3) is 0 Å². The Bertz CT molecular complexity index is 1430. The number of hydrogen-bond donors (Lipinski definition) is 0. The molecule has 0 N–H and O–H groups in total. The molecule has 2 amide bonds. The molecule has 218 valence electrons. The van der Waals surface area contributed by atoms with Crippen LogP contribution >= 0.6 is 0 Å². The number of sulfonamides is 1. The van der Waals surface area contributed by atoms with Crippen LogP contribution in [0.3, 0.4) is 0 Å². The van der Waals surface area contributed by atoms with Crippen LogP contribution in [-0.2, 0) is 32.6 Å². The van der Waals surface area contributed by atoms with Crippen LogP contribution in [0.5, 0.6) is 0 Å². The average molecular weight is 584 g/mol. The summed E-state index contributed by atoms with van der Waals surface area (Å²) < 4.78 is 55.2. The molecule has 0 saturated carbocycles. The third kappa shape index (κ3) is 7.98. The van der Waals surface area contributed by atoms with Crippen LogP contribution in [0, 0.1) is 11.6 Å². The summed E-state index contributed by atoms with van der Waals surface area (Å²) in [6, 6.07) is 19.6. The van der Waals surface area contributed by atoms with E-state index in [9.17, 15) is 26.8 Å². The number of carbonyl (C=O) groups is 2. The summed E-state index contributed by atoms with van der Waals surface area (Å²) in [7, 11) is -3.91. The van der Waals surface area contributed by atoms with Crippen molar-refractivity contribution in [3.05, 3.63) is 102 Å². The van der Waals surface area contributed by atoms with Crippen molar-refractivity contribution in [1.29, 1.82) is 0 Å². The number of nitrogens with zero attached hydrogens (tertiary/aromatic N) is 3. The molecule has 4 rings (SSSR count). The lowest BCUT2D eigenvalue weighted by molar-refractivity contribution is -0.137. The highest BCUT2D eigenvalue weighted by Gasteiger charge is 2.33. The van der Waals surface area contributed by atoms with Gasteiger partial charge in [-0.25, -0.2) is 17.2 Å². The highest BCUT2D eigenvalue weighted by molar-refractivity contribution is 7.89. The van der Waals surface area contributed by atoms with Gasteiger partial charge in [0.25, 0.3) is 0 Å². The maximum atomic E-state index is 14.0. The van der Waals surface area contributed by atoms with Gasteiger partial charge < -0.3 is 9.80 Å². The summed E-state index contributed by atoms with van der Waals surface area (Å²) in [5.74, 6) is -1.24. The average Bonchev–Trinajstić information content (AvgIpc) is 2.97. The van der Waals surface area contributed by atoms with Gasteiger partial charge in [-0.3, -0.25) is 9.59 Å². The number of amides is 2. The minimum absolute atomic E-state index is 0.0823. The fourth-order valence-electron chi connectivity index (χ4n) is 5.09. The van der Waals surface area contributed by atoms with Gasteiger partial charge in [0, 0.05) is 32.2 Å². The molecule has 3 aromatic carbocycles. The van der Waals surface area contributed by atoms with E-state index in [-0.39, 0.29) is 54.6 Å². The number of halogens is 2. The van der Waals surface area contributed by atoms with E-state index in [1.54, 1.807) is 52.3 Å². The molecule has 0 aliphatic carbocycles. The van der Waals surface area contributed by atoms with E-state index in [0.29, 0.717) is 37.9 Å². The maximum Gasteiger partial charge on any atom is 0.243 e. The van der Waals surface area contributed by atoms with Crippen molar-refractivity contribution in [1.82, 2.24) is 14.1 Å². The van der Waals surface area contributed by atoms with Gasteiger partial charge in [0.1, 0.15) is 11.6 Å². The zero-order valence-corrected chi connectivity index (χ0v) is 23.9. The van der Waals surface area contributed by atoms with Crippen LogP contribution in [0.1, 0.15) is 37.3 Å². The molecule has 1 aliphatic heterocycles. The number of carbonyl (C=O) groups excluding carboxylic acids is 2. The zero-order chi connectivity index (χ0) is 29.4. The Hall–Kier alpha value is -3.63. The smallest absolute Gasteiger partial charge is 0.243 e. The maximum absolute atomic E-state index is 14.0. The quantitative estimate of drug-likeness (QED) is 0.330. The molecule has 1 heterocycles. The van der Waals surface area contributed by atoms with Crippen LogP contribution in [0.15, 0.2) is 83.8 Å². The molecule has 41 heavy (non-hydrogen) atoms. The minimum atomic E-state index is -3.91. The Morgan fingerprint density at radius 2 is 1.56 bits per heavy atom. The zero-order valence-electron chi connectivity index (χ0n) is 23.1. The van der Waals surface area contributed by atoms with Crippen LogP contribution < -0.4 is 0 Å². The number of likely N-dealkylation sites (tertiary alicyclic amines) is 1. The second kappa shape index (κ2) is 13.8. The fraction of sp³-hybridized carbons (Fsp3) is 0.355. The Morgan fingerprint density at radius 1 is 0.878 bits per heavy atom. The second-order valence-corrected chi connectivity index (χ2v) is 12.2. The summed E-state index contributed by atoms with van der Waals surface area (Å²) in [6.07, 6.45) is 1.67. The predicted molar refractivity (Wildman–Crippen MR) is 152 cm³/mol. The molecule has 0 radical (unpaired) electrons. The first-order chi connectivity index (χ1) is 19.7. The molecule has 1 aliphatic rings. The van der Waals surface area contributed by atoms with E-state index in [0.717, 1.165) is 5.56 Å². The van der Waals surface area contributed by atoms with Gasteiger partial charge in [-0.05, 0) is 66.8 Å². The molecule has 0 unspecified atom stereocenters. The van der Waals surface area contributed by atoms with Crippen molar-refractivity contribution in [3.63, 3.8) is 0 Å². The van der Waals surface area contributed by atoms with E-state index in [1.165, 1.54) is 40.7 Å². The van der Waals surface area contributed by atoms with Gasteiger partial charge in [0.15, 0.2) is 0 Å². The number of benzene rings is 3. The minimum Gasteiger partial charge on any atom is -0.342 e. The fourth-order valence-corrected chi connectivity index (χ4v) is 6.59. The monoisotopic (exact) mass is 583 g/mol. The van der Waals surface area contributed by atoms with E-state index in [2.05, 4.69) is 0 Å². The molecule has 7 nitrogen and oxygen atoms in total. The van der Waals surface area contributed by atoms with Crippen molar-refractivity contribution >= 4 is 21.8 Å². The van der Waals surface area contributed by atoms with Crippen molar-refractivity contribution in [2.45, 2.75) is 50.1 Å². The van der Waals surface area contributed by atoms with Gasteiger partial charge >= 0.3 is 0 Å². The second-order valence-electron chi connectivity index (χ2n) is 10.2. The van der Waals surface area contributed by atoms with Crippen LogP contribution in [0.2, 0.25) is 0 Å². The summed E-state index contributed by atoms with van der Waals surface area (Å²) in [6.45, 7) is 2.63. The van der Waals surface area contributed by atoms with E-state index in [1.807, 2.05) is 6.92 Å². The Balaban J connectivity index is 1.49. The number of rotatable bonds is 11. The number of hydrogen-bond acceptors (Lipinski definition) is 4. The van der Waals surface area contributed by atoms with Crippen LogP contribution in [-0.4, -0.2) is 66.6 Å². The molecule has 0 spiro atoms. The van der Waals surface area contributed by atoms with E-state index >= 15 is 0 Å². The molecule has 0 bridgehead atoms. The first-order valence-corrected chi connectivity index (χ1v) is 15.2. The lowest BCUT2D eigenvalue weighted by Crippen LogP contribution is -2.51. The predicted octanol–water partition coefficient (Wildman–Crippen LogP) is 4.63. The lowest BCUT2D eigenvalue weighted by Gasteiger charge is -2.39. The first-order valence-electron chi connectivity index (χ1n) is 13.8. The standard InChI is InChI=1S/C31H35F2N3O4S/c1-2-17-35(41(39,40)29-9-4-3-5-10-29)23-31(38)36(22-25-7-6-8-27(33)20-25)28-15-18-34(19-16-28)30(37)21-24-11-13-26(32)14-12-24/h3-14,20,28H,2,15-19,21-23H2,1H3. The third-order valence-corrected chi connectivity index (χ3v) is 9.11. The normalized spacial score (nSPS) is 14.3. The summed E-state index contributed by atoms with van der Waals surface area (Å²) >= 11 is 0. The van der Waals surface area contributed by atoms with Crippen molar-refractivity contribution in [2.24, 2.45) is 0 Å². The molecule has 0 atom stereocenters. The van der Waals surface area contributed by atoms with E-state index < -0.39 is 15.8 Å². The third-order valence-electron chi connectivity index (χ3n) is 7.25. The molecule has 1 fully saturated rings. The summed E-state index contributed by atoms with van der Waals surface area (Å²) in [5.41, 5.74) is 1.32. The Morgan fingerprint density at radius 3 is 2.20 bits per heavy atom. The topological polar surface area (TPSA) is 78.0 Å². The van der Waals surface area contributed by atoms with Crippen molar-refractivity contribution < 1.29 is 26.8 Å². The molecular weight excluding hydrogens is 548 g/mol. The van der Waals surface area contributed by atoms with Gasteiger partial charge in [-0.2, -0.15) is 4.31 Å². The van der Waals surface area contributed by atoms with Crippen molar-refractivity contribution in [3.8, 4) is 0 Å². The molecule has 1 saturated heterocycles. The van der Waals surface area contributed by atoms with Gasteiger partial charge in [-0.1, -0.05) is 49.4 Å². The van der Waals surface area contributed by atoms with Crippen LogP contribution in [0.4, 0.5) is 8.78 Å². The molecule has 3 aromatic rings. The lowest BCUT2D eigenvalue weighted by atomic mass is 10.0. The molecule has 0 aromatic heterocycles.